The van der Waals surface area contributed by atoms with Crippen molar-refractivity contribution in [1.29, 1.82) is 10.5 Å². The Kier molecular flexibility index (Phi) is 2.36. The van der Waals surface area contributed by atoms with Crippen LogP contribution >= 0.6 is 0 Å². The van der Waals surface area contributed by atoms with Crippen molar-refractivity contribution in [2.75, 3.05) is 5.43 Å². The second kappa shape index (κ2) is 3.68. The highest BCUT2D eigenvalue weighted by atomic mass is 15.4. The molecule has 0 aromatic carbocycles. The van der Waals surface area contributed by atoms with E-state index in [0.29, 0.717) is 0 Å². The lowest BCUT2D eigenvalue weighted by Gasteiger charge is -1.89. The summed E-state index contributed by atoms with van der Waals surface area (Å²) in [6.45, 7) is 0. The Morgan fingerprint density at radius 3 is 2.83 bits per heavy atom. The zero-order valence-corrected chi connectivity index (χ0v) is 5.81. The molecule has 1 heterocycles. The van der Waals surface area contributed by atoms with Gasteiger partial charge in [0, 0.05) is 0 Å². The maximum absolute atomic E-state index is 8.27. The van der Waals surface area contributed by atoms with Gasteiger partial charge in [0.25, 0.3) is 0 Å². The molecule has 0 atom stereocenters. The number of aromatic amines is 1. The molecule has 0 amide bonds. The average molecular weight is 161 g/mol. The van der Waals surface area contributed by atoms with E-state index in [9.17, 15) is 0 Å². The number of rotatable bonds is 2. The average Bonchev–Trinajstić information content (AvgIpc) is 2.59. The topological polar surface area (TPSA) is 114 Å². The number of aromatic nitrogens is 3. The predicted octanol–water partition coefficient (Wildman–Crippen LogP) is -0.380. The molecule has 1 aromatic heterocycles. The molecule has 0 aliphatic heterocycles. The van der Waals surface area contributed by atoms with E-state index in [0.717, 1.165) is 0 Å². The summed E-state index contributed by atoms with van der Waals surface area (Å²) < 4.78 is 0. The molecule has 7 heteroatoms. The summed E-state index contributed by atoms with van der Waals surface area (Å²) in [6, 6.07) is 3.16. The first-order valence-electron chi connectivity index (χ1n) is 2.86. The number of nitriles is 2. The normalized spacial score (nSPS) is 7.83. The van der Waals surface area contributed by atoms with Crippen molar-refractivity contribution in [3.8, 4) is 12.1 Å². The maximum atomic E-state index is 8.27. The smallest absolute Gasteiger partial charge is 0.239 e. The van der Waals surface area contributed by atoms with Crippen LogP contribution < -0.4 is 5.43 Å². The van der Waals surface area contributed by atoms with Gasteiger partial charge in [0.15, 0.2) is 0 Å². The summed E-state index contributed by atoms with van der Waals surface area (Å²) >= 11 is 0. The zero-order valence-electron chi connectivity index (χ0n) is 5.81. The molecule has 0 aliphatic carbocycles. The molecule has 12 heavy (non-hydrogen) atoms. The maximum Gasteiger partial charge on any atom is 0.239 e. The van der Waals surface area contributed by atoms with Crippen LogP contribution in [0.2, 0.25) is 0 Å². The fraction of sp³-hybridized carbons (Fsp3) is 0. The number of anilines is 1. The van der Waals surface area contributed by atoms with Crippen LogP contribution in [0.3, 0.4) is 0 Å². The SMILES string of the molecule is N#CC(C#N)=NNc1ncn[nH]1. The molecule has 0 unspecified atom stereocenters. The van der Waals surface area contributed by atoms with Gasteiger partial charge in [-0.25, -0.2) is 10.5 Å². The summed E-state index contributed by atoms with van der Waals surface area (Å²) in [6.07, 6.45) is 1.27. The van der Waals surface area contributed by atoms with Crippen LogP contribution in [0.25, 0.3) is 0 Å². The lowest BCUT2D eigenvalue weighted by Crippen LogP contribution is -1.97. The van der Waals surface area contributed by atoms with Crippen molar-refractivity contribution in [1.82, 2.24) is 15.2 Å². The molecule has 58 valence electrons. The minimum Gasteiger partial charge on any atom is -0.244 e. The predicted molar refractivity (Wildman–Crippen MR) is 38.7 cm³/mol. The molecular weight excluding hydrogens is 158 g/mol. The molecular formula is C5H3N7. The highest BCUT2D eigenvalue weighted by Gasteiger charge is 1.94. The van der Waals surface area contributed by atoms with E-state index in [1.54, 1.807) is 12.1 Å². The third-order valence-corrected chi connectivity index (χ3v) is 0.900. The van der Waals surface area contributed by atoms with Gasteiger partial charge in [-0.3, -0.25) is 0 Å². The van der Waals surface area contributed by atoms with Gasteiger partial charge < -0.3 is 0 Å². The van der Waals surface area contributed by atoms with Gasteiger partial charge in [-0.1, -0.05) is 0 Å². The van der Waals surface area contributed by atoms with Gasteiger partial charge >= 0.3 is 0 Å². The monoisotopic (exact) mass is 161 g/mol. The summed E-state index contributed by atoms with van der Waals surface area (Å²) in [5.74, 6) is 0.276. The van der Waals surface area contributed by atoms with Gasteiger partial charge in [-0.05, 0) is 0 Å². The van der Waals surface area contributed by atoms with E-state index in [2.05, 4.69) is 25.7 Å². The van der Waals surface area contributed by atoms with Crippen LogP contribution in [0.5, 0.6) is 0 Å². The van der Waals surface area contributed by atoms with Crippen LogP contribution in [0, 0.1) is 22.7 Å². The lowest BCUT2D eigenvalue weighted by atomic mass is 10.5. The van der Waals surface area contributed by atoms with Crippen LogP contribution in [0.15, 0.2) is 11.4 Å². The molecule has 0 saturated heterocycles. The Morgan fingerprint density at radius 1 is 1.58 bits per heavy atom. The van der Waals surface area contributed by atoms with E-state index in [1.165, 1.54) is 6.33 Å². The molecule has 0 saturated carbocycles. The van der Waals surface area contributed by atoms with Crippen LogP contribution in [-0.2, 0) is 0 Å². The highest BCUT2D eigenvalue weighted by molar-refractivity contribution is 6.10. The number of H-pyrrole nitrogens is 1. The second-order valence-corrected chi connectivity index (χ2v) is 1.63. The van der Waals surface area contributed by atoms with Crippen molar-refractivity contribution in [3.63, 3.8) is 0 Å². The largest absolute Gasteiger partial charge is 0.244 e. The molecule has 1 rings (SSSR count). The molecule has 0 fully saturated rings. The van der Waals surface area contributed by atoms with Crippen molar-refractivity contribution < 1.29 is 0 Å². The van der Waals surface area contributed by atoms with E-state index in [1.807, 2.05) is 0 Å². The summed E-state index contributed by atoms with van der Waals surface area (Å²) in [5, 5.41) is 25.9. The van der Waals surface area contributed by atoms with Gasteiger partial charge in [0.2, 0.25) is 11.7 Å². The van der Waals surface area contributed by atoms with Crippen molar-refractivity contribution in [2.45, 2.75) is 0 Å². The molecule has 0 spiro atoms. The minimum absolute atomic E-state index is 0.272. The molecule has 0 radical (unpaired) electrons. The molecule has 0 aliphatic rings. The number of hydrazone groups is 1. The Morgan fingerprint density at radius 2 is 2.33 bits per heavy atom. The summed E-state index contributed by atoms with van der Waals surface area (Å²) in [4.78, 5) is 3.65. The number of hydrogen-bond acceptors (Lipinski definition) is 6. The first-order chi connectivity index (χ1) is 5.86. The van der Waals surface area contributed by atoms with E-state index in [4.69, 9.17) is 10.5 Å². The molecule has 0 bridgehead atoms. The minimum atomic E-state index is -0.272. The third-order valence-electron chi connectivity index (χ3n) is 0.900. The van der Waals surface area contributed by atoms with Crippen molar-refractivity contribution in [2.24, 2.45) is 5.10 Å². The standard InChI is InChI=1S/C5H3N7/c6-1-4(2-7)10-12-5-8-3-9-11-5/h3H,(H2,8,9,11,12). The summed E-state index contributed by atoms with van der Waals surface area (Å²) in [5.41, 5.74) is 2.07. The Labute approximate surface area is 67.3 Å². The molecule has 7 nitrogen and oxygen atoms in total. The fourth-order valence-electron chi connectivity index (χ4n) is 0.443. The van der Waals surface area contributed by atoms with Gasteiger partial charge in [0.05, 0.1) is 0 Å². The highest BCUT2D eigenvalue weighted by Crippen LogP contribution is 1.90. The Balaban J connectivity index is 2.63. The van der Waals surface area contributed by atoms with Gasteiger partial charge in [0.1, 0.15) is 18.5 Å². The molecule has 1 aromatic rings. The van der Waals surface area contributed by atoms with Gasteiger partial charge in [-0.2, -0.15) is 20.6 Å². The van der Waals surface area contributed by atoms with Crippen molar-refractivity contribution >= 4 is 11.7 Å². The lowest BCUT2D eigenvalue weighted by molar-refractivity contribution is 1.08. The van der Waals surface area contributed by atoms with E-state index in [-0.39, 0.29) is 11.7 Å². The summed E-state index contributed by atoms with van der Waals surface area (Å²) in [7, 11) is 0. The van der Waals surface area contributed by atoms with E-state index >= 15 is 0 Å². The molecule has 2 N–H and O–H groups in total. The number of nitrogens with one attached hydrogen (secondary N) is 2. The Bertz CT molecular complexity index is 332. The zero-order chi connectivity index (χ0) is 8.81. The van der Waals surface area contributed by atoms with Crippen LogP contribution in [0.4, 0.5) is 5.95 Å². The first-order valence-corrected chi connectivity index (χ1v) is 2.86. The number of nitrogens with zero attached hydrogens (tertiary/aromatic N) is 5. The second-order valence-electron chi connectivity index (χ2n) is 1.63. The van der Waals surface area contributed by atoms with Crippen LogP contribution in [0.1, 0.15) is 0 Å². The van der Waals surface area contributed by atoms with Crippen molar-refractivity contribution in [3.05, 3.63) is 6.33 Å². The third kappa shape index (κ3) is 1.78. The quantitative estimate of drug-likeness (QED) is 0.453. The fourth-order valence-corrected chi connectivity index (χ4v) is 0.443. The Hall–Kier alpha value is -2.41. The van der Waals surface area contributed by atoms with Gasteiger partial charge in [-0.15, -0.1) is 5.10 Å². The first kappa shape index (κ1) is 7.69. The van der Waals surface area contributed by atoms with E-state index < -0.39 is 0 Å². The number of hydrogen-bond donors (Lipinski definition) is 2. The van der Waals surface area contributed by atoms with Crippen LogP contribution in [-0.4, -0.2) is 20.9 Å².